The van der Waals surface area contributed by atoms with E-state index in [1.54, 1.807) is 12.1 Å². The number of aromatic hydroxyl groups is 1. The molecule has 2 atom stereocenters. The minimum absolute atomic E-state index is 0.291. The highest BCUT2D eigenvalue weighted by Gasteiger charge is 2.27. The molecule has 1 heterocycles. The summed E-state index contributed by atoms with van der Waals surface area (Å²) in [6.07, 6.45) is 6.81. The summed E-state index contributed by atoms with van der Waals surface area (Å²) in [5, 5.41) is 11.9. The van der Waals surface area contributed by atoms with Gasteiger partial charge in [0.15, 0.2) is 0 Å². The van der Waals surface area contributed by atoms with Crippen molar-refractivity contribution in [3.05, 3.63) is 30.5 Å². The van der Waals surface area contributed by atoms with Gasteiger partial charge < -0.3 is 10.0 Å². The fraction of sp³-hybridized carbons (Fsp3) is 0.438. The van der Waals surface area contributed by atoms with Crippen LogP contribution in [0.5, 0.6) is 5.75 Å². The number of phenols is 1. The summed E-state index contributed by atoms with van der Waals surface area (Å²) in [5.41, 5.74) is 0. The van der Waals surface area contributed by atoms with Gasteiger partial charge in [0.25, 0.3) is 0 Å². The number of rotatable bonds is 2. The first kappa shape index (κ1) is 13.7. The summed E-state index contributed by atoms with van der Waals surface area (Å²) in [7, 11) is 2.11. The second-order valence-corrected chi connectivity index (χ2v) is 6.69. The monoisotopic (exact) mass is 334 g/mol. The van der Waals surface area contributed by atoms with E-state index < -0.39 is 0 Å². The molecule has 0 radical (unpaired) electrons. The van der Waals surface area contributed by atoms with Crippen molar-refractivity contribution in [3.63, 3.8) is 0 Å². The summed E-state index contributed by atoms with van der Waals surface area (Å²) in [6.45, 7) is 0. The number of anilines is 1. The van der Waals surface area contributed by atoms with Gasteiger partial charge in [-0.15, -0.1) is 0 Å². The van der Waals surface area contributed by atoms with Gasteiger partial charge >= 0.3 is 0 Å². The quantitative estimate of drug-likeness (QED) is 0.840. The third-order valence-electron chi connectivity index (χ3n) is 4.21. The highest BCUT2D eigenvalue weighted by atomic mass is 79.9. The smallest absolute Gasteiger partial charge is 0.136 e. The molecule has 1 fully saturated rings. The molecule has 1 saturated carbocycles. The maximum absolute atomic E-state index is 9.74. The normalized spacial score (nSPS) is 22.9. The average molecular weight is 335 g/mol. The first-order chi connectivity index (χ1) is 9.66. The fourth-order valence-electron chi connectivity index (χ4n) is 3.08. The van der Waals surface area contributed by atoms with Crippen molar-refractivity contribution in [2.45, 2.75) is 36.6 Å². The zero-order valence-corrected chi connectivity index (χ0v) is 13.2. The fourth-order valence-corrected chi connectivity index (χ4v) is 4.02. The Labute approximate surface area is 127 Å². The molecule has 106 valence electrons. The highest BCUT2D eigenvalue weighted by molar-refractivity contribution is 9.09. The number of alkyl halides is 1. The Morgan fingerprint density at radius 2 is 2.05 bits per heavy atom. The van der Waals surface area contributed by atoms with Crippen LogP contribution in [0.3, 0.4) is 0 Å². The molecule has 1 aromatic carbocycles. The van der Waals surface area contributed by atoms with Crippen LogP contribution < -0.4 is 4.90 Å². The van der Waals surface area contributed by atoms with Gasteiger partial charge in [0, 0.05) is 29.5 Å². The molecule has 0 bridgehead atoms. The molecular formula is C16H19BrN2O. The maximum atomic E-state index is 9.74. The Bertz CT molecular complexity index is 616. The van der Waals surface area contributed by atoms with Crippen LogP contribution in [0.1, 0.15) is 25.7 Å². The van der Waals surface area contributed by atoms with E-state index in [0.717, 1.165) is 16.6 Å². The molecule has 2 unspecified atom stereocenters. The van der Waals surface area contributed by atoms with Crippen molar-refractivity contribution < 1.29 is 5.11 Å². The van der Waals surface area contributed by atoms with Crippen LogP contribution in [-0.4, -0.2) is 28.0 Å². The van der Waals surface area contributed by atoms with Gasteiger partial charge in [-0.25, -0.2) is 4.98 Å². The molecule has 4 heteroatoms. The van der Waals surface area contributed by atoms with E-state index >= 15 is 0 Å². The molecule has 3 rings (SSSR count). The summed E-state index contributed by atoms with van der Waals surface area (Å²) < 4.78 is 0. The third-order valence-corrected chi connectivity index (χ3v) is 5.28. The van der Waals surface area contributed by atoms with Crippen LogP contribution >= 0.6 is 15.9 Å². The van der Waals surface area contributed by atoms with Crippen molar-refractivity contribution in [3.8, 4) is 5.75 Å². The van der Waals surface area contributed by atoms with Crippen molar-refractivity contribution in [2.75, 3.05) is 11.9 Å². The van der Waals surface area contributed by atoms with Crippen LogP contribution in [0, 0.1) is 0 Å². The van der Waals surface area contributed by atoms with Gasteiger partial charge in [0.05, 0.1) is 0 Å². The molecule has 0 spiro atoms. The molecule has 0 saturated heterocycles. The van der Waals surface area contributed by atoms with E-state index in [9.17, 15) is 5.11 Å². The predicted molar refractivity (Wildman–Crippen MR) is 86.8 cm³/mol. The Hall–Kier alpha value is -1.29. The van der Waals surface area contributed by atoms with Crippen LogP contribution in [0.25, 0.3) is 10.8 Å². The highest BCUT2D eigenvalue weighted by Crippen LogP contribution is 2.33. The van der Waals surface area contributed by atoms with E-state index in [0.29, 0.717) is 16.6 Å². The first-order valence-corrected chi connectivity index (χ1v) is 8.03. The van der Waals surface area contributed by atoms with Gasteiger partial charge in [-0.3, -0.25) is 0 Å². The lowest BCUT2D eigenvalue weighted by Crippen LogP contribution is -2.41. The van der Waals surface area contributed by atoms with E-state index in [2.05, 4.69) is 32.9 Å². The summed E-state index contributed by atoms with van der Waals surface area (Å²) >= 11 is 3.81. The lowest BCUT2D eigenvalue weighted by molar-refractivity contribution is 0.443. The standard InChI is InChI=1S/C16H19BrN2O/c1-19(15-5-3-2-4-14(15)17)16-13-10-12(20)7-6-11(13)8-9-18-16/h6-10,14-15,20H,2-5H2,1H3. The molecule has 20 heavy (non-hydrogen) atoms. The Morgan fingerprint density at radius 1 is 1.25 bits per heavy atom. The minimum Gasteiger partial charge on any atom is -0.508 e. The zero-order valence-electron chi connectivity index (χ0n) is 11.6. The number of hydrogen-bond acceptors (Lipinski definition) is 3. The van der Waals surface area contributed by atoms with Crippen molar-refractivity contribution in [1.82, 2.24) is 4.98 Å². The number of hydrogen-bond donors (Lipinski definition) is 1. The second-order valence-electron chi connectivity index (χ2n) is 5.52. The maximum Gasteiger partial charge on any atom is 0.136 e. The molecule has 1 aromatic heterocycles. The molecule has 1 N–H and O–H groups in total. The molecular weight excluding hydrogens is 316 g/mol. The van der Waals surface area contributed by atoms with Gasteiger partial charge in [0.1, 0.15) is 11.6 Å². The third kappa shape index (κ3) is 2.49. The predicted octanol–water partition coefficient (Wildman–Crippen LogP) is 4.08. The van der Waals surface area contributed by atoms with E-state index in [4.69, 9.17) is 0 Å². The van der Waals surface area contributed by atoms with Gasteiger partial charge in [-0.05, 0) is 36.4 Å². The Kier molecular flexibility index (Phi) is 3.83. The molecule has 1 aliphatic carbocycles. The SMILES string of the molecule is CN(c1nccc2ccc(O)cc12)C1CCCCC1Br. The Balaban J connectivity index is 2.02. The largest absolute Gasteiger partial charge is 0.508 e. The number of aromatic nitrogens is 1. The Morgan fingerprint density at radius 3 is 2.85 bits per heavy atom. The second kappa shape index (κ2) is 5.60. The molecule has 1 aliphatic rings. The number of nitrogens with zero attached hydrogens (tertiary/aromatic N) is 2. The molecule has 0 aliphatic heterocycles. The van der Waals surface area contributed by atoms with Crippen molar-refractivity contribution >= 4 is 32.5 Å². The van der Waals surface area contributed by atoms with E-state index in [1.807, 2.05) is 18.3 Å². The van der Waals surface area contributed by atoms with Crippen molar-refractivity contribution in [2.24, 2.45) is 0 Å². The van der Waals surface area contributed by atoms with Crippen LogP contribution in [0.2, 0.25) is 0 Å². The van der Waals surface area contributed by atoms with Gasteiger partial charge in [-0.1, -0.05) is 34.8 Å². The van der Waals surface area contributed by atoms with E-state index in [1.165, 1.54) is 25.7 Å². The summed E-state index contributed by atoms with van der Waals surface area (Å²) in [6, 6.07) is 7.92. The van der Waals surface area contributed by atoms with E-state index in [-0.39, 0.29) is 0 Å². The van der Waals surface area contributed by atoms with Gasteiger partial charge in [0.2, 0.25) is 0 Å². The molecule has 2 aromatic rings. The topological polar surface area (TPSA) is 36.4 Å². The zero-order chi connectivity index (χ0) is 14.1. The summed E-state index contributed by atoms with van der Waals surface area (Å²) in [4.78, 5) is 7.33. The lowest BCUT2D eigenvalue weighted by atomic mass is 9.94. The summed E-state index contributed by atoms with van der Waals surface area (Å²) in [5.74, 6) is 1.24. The van der Waals surface area contributed by atoms with Crippen LogP contribution in [-0.2, 0) is 0 Å². The van der Waals surface area contributed by atoms with Crippen molar-refractivity contribution in [1.29, 1.82) is 0 Å². The number of pyridine rings is 1. The molecule has 0 amide bonds. The van der Waals surface area contributed by atoms with Gasteiger partial charge in [-0.2, -0.15) is 0 Å². The number of fused-ring (bicyclic) bond motifs is 1. The number of halogens is 1. The van der Waals surface area contributed by atoms with Crippen LogP contribution in [0.4, 0.5) is 5.82 Å². The molecule has 3 nitrogen and oxygen atoms in total. The number of phenolic OH excluding ortho intramolecular Hbond substituents is 1. The number of benzene rings is 1. The van der Waals surface area contributed by atoms with Crippen LogP contribution in [0.15, 0.2) is 30.5 Å². The average Bonchev–Trinajstić information content (AvgIpc) is 2.46. The first-order valence-electron chi connectivity index (χ1n) is 7.11. The minimum atomic E-state index is 0.291. The lowest BCUT2D eigenvalue weighted by Gasteiger charge is -2.36.